The highest BCUT2D eigenvalue weighted by molar-refractivity contribution is 6.30. The molecule has 0 saturated carbocycles. The molecule has 2 aromatic carbocycles. The van der Waals surface area contributed by atoms with Gasteiger partial charge in [-0.05, 0) is 41.3 Å². The van der Waals surface area contributed by atoms with Crippen molar-refractivity contribution in [2.24, 2.45) is 5.92 Å². The molecule has 1 aliphatic rings. The maximum absolute atomic E-state index is 11.3. The minimum Gasteiger partial charge on any atom is -0.480 e. The highest BCUT2D eigenvalue weighted by Gasteiger charge is 2.34. The Kier molecular flexibility index (Phi) is 7.00. The molecule has 0 unspecified atom stereocenters. The van der Waals surface area contributed by atoms with E-state index in [9.17, 15) is 9.90 Å². The molecule has 1 heterocycles. The summed E-state index contributed by atoms with van der Waals surface area (Å²) in [5.74, 6) is -0.413. The van der Waals surface area contributed by atoms with E-state index in [2.05, 4.69) is 47.9 Å². The summed E-state index contributed by atoms with van der Waals surface area (Å²) in [7, 11) is 0. The monoisotopic (exact) mass is 420 g/mol. The van der Waals surface area contributed by atoms with Crippen molar-refractivity contribution in [2.75, 3.05) is 26.2 Å². The molecule has 0 radical (unpaired) electrons. The fourth-order valence-electron chi connectivity index (χ4n) is 4.01. The Bertz CT molecular complexity index is 748. The third kappa shape index (κ3) is 5.06. The van der Waals surface area contributed by atoms with Gasteiger partial charge in [0.05, 0.1) is 12.6 Å². The van der Waals surface area contributed by atoms with Gasteiger partial charge in [0.2, 0.25) is 0 Å². The predicted octanol–water partition coefficient (Wildman–Crippen LogP) is 4.81. The lowest BCUT2D eigenvalue weighted by molar-refractivity contribution is -0.140. The van der Waals surface area contributed by atoms with Gasteiger partial charge >= 0.3 is 5.97 Å². The van der Waals surface area contributed by atoms with Crippen molar-refractivity contribution in [3.63, 3.8) is 0 Å². The zero-order valence-corrected chi connectivity index (χ0v) is 17.7. The van der Waals surface area contributed by atoms with Gasteiger partial charge in [0.25, 0.3) is 0 Å². The Morgan fingerprint density at radius 3 is 1.93 bits per heavy atom. The molecule has 1 fully saturated rings. The van der Waals surface area contributed by atoms with Crippen LogP contribution in [0.1, 0.15) is 31.0 Å². The molecule has 1 atom stereocenters. The van der Waals surface area contributed by atoms with Gasteiger partial charge in [-0.25, -0.2) is 0 Å². The number of carboxylic acid groups (broad SMARTS) is 1. The van der Waals surface area contributed by atoms with Gasteiger partial charge in [-0.3, -0.25) is 14.6 Å². The average Bonchev–Trinajstić information content (AvgIpc) is 2.65. The van der Waals surface area contributed by atoms with Crippen LogP contribution in [0.2, 0.25) is 10.0 Å². The summed E-state index contributed by atoms with van der Waals surface area (Å²) in [6, 6.07) is 16.2. The summed E-state index contributed by atoms with van der Waals surface area (Å²) in [6.45, 7) is 6.73. The van der Waals surface area contributed by atoms with Crippen LogP contribution in [-0.2, 0) is 4.79 Å². The zero-order valence-electron chi connectivity index (χ0n) is 16.2. The first-order valence-corrected chi connectivity index (χ1v) is 10.3. The summed E-state index contributed by atoms with van der Waals surface area (Å²) >= 11 is 12.2. The molecule has 1 N–H and O–H groups in total. The van der Waals surface area contributed by atoms with Crippen molar-refractivity contribution in [2.45, 2.75) is 25.9 Å². The Hall–Kier alpha value is -1.59. The molecule has 0 spiro atoms. The molecular formula is C22H26Cl2N2O2. The van der Waals surface area contributed by atoms with E-state index < -0.39 is 5.97 Å². The molecule has 0 bridgehead atoms. The van der Waals surface area contributed by atoms with Crippen LogP contribution in [0.4, 0.5) is 0 Å². The quantitative estimate of drug-likeness (QED) is 0.727. The Labute approximate surface area is 176 Å². The third-order valence-electron chi connectivity index (χ3n) is 5.41. The number of halogens is 2. The first kappa shape index (κ1) is 21.1. The molecule has 1 saturated heterocycles. The van der Waals surface area contributed by atoms with Crippen LogP contribution in [0.5, 0.6) is 0 Å². The van der Waals surface area contributed by atoms with Crippen LogP contribution in [0.25, 0.3) is 0 Å². The summed E-state index contributed by atoms with van der Waals surface area (Å²) in [4.78, 5) is 15.8. The standard InChI is InChI=1S/C22H26Cl2N2O2/c1-15(2)20-13-26(12-11-25(20)14-21(27)28)22(16-3-7-18(23)8-4-16)17-5-9-19(24)10-6-17/h3-10,15,20,22H,11-14H2,1-2H3,(H,27,28)/t20-/m0/s1. The van der Waals surface area contributed by atoms with Crippen molar-refractivity contribution in [3.8, 4) is 0 Å². The molecule has 6 heteroatoms. The van der Waals surface area contributed by atoms with E-state index in [-0.39, 0.29) is 18.6 Å². The van der Waals surface area contributed by atoms with Crippen LogP contribution in [0, 0.1) is 5.92 Å². The van der Waals surface area contributed by atoms with Crippen molar-refractivity contribution in [3.05, 3.63) is 69.7 Å². The van der Waals surface area contributed by atoms with Gasteiger partial charge in [0, 0.05) is 35.7 Å². The lowest BCUT2D eigenvalue weighted by Crippen LogP contribution is -2.57. The van der Waals surface area contributed by atoms with E-state index in [0.717, 1.165) is 19.6 Å². The van der Waals surface area contributed by atoms with Crippen molar-refractivity contribution in [1.29, 1.82) is 0 Å². The number of benzene rings is 2. The normalized spacial score (nSPS) is 18.7. The van der Waals surface area contributed by atoms with Crippen LogP contribution >= 0.6 is 23.2 Å². The van der Waals surface area contributed by atoms with Crippen molar-refractivity contribution in [1.82, 2.24) is 9.80 Å². The second-order valence-corrected chi connectivity index (χ2v) is 8.55. The molecule has 150 valence electrons. The number of rotatable bonds is 6. The highest BCUT2D eigenvalue weighted by atomic mass is 35.5. The molecule has 0 aromatic heterocycles. The van der Waals surface area contributed by atoms with E-state index >= 15 is 0 Å². The third-order valence-corrected chi connectivity index (χ3v) is 5.91. The van der Waals surface area contributed by atoms with E-state index in [4.69, 9.17) is 23.2 Å². The zero-order chi connectivity index (χ0) is 20.3. The van der Waals surface area contributed by atoms with Crippen LogP contribution in [-0.4, -0.2) is 53.1 Å². The lowest BCUT2D eigenvalue weighted by Gasteiger charge is -2.46. The van der Waals surface area contributed by atoms with Gasteiger partial charge in [-0.1, -0.05) is 61.3 Å². The van der Waals surface area contributed by atoms with E-state index in [1.165, 1.54) is 11.1 Å². The van der Waals surface area contributed by atoms with E-state index in [1.54, 1.807) is 0 Å². The smallest absolute Gasteiger partial charge is 0.317 e. The number of hydrogen-bond donors (Lipinski definition) is 1. The largest absolute Gasteiger partial charge is 0.480 e. The number of carboxylic acids is 1. The molecule has 4 nitrogen and oxygen atoms in total. The van der Waals surface area contributed by atoms with Crippen molar-refractivity contribution >= 4 is 29.2 Å². The summed E-state index contributed by atoms with van der Waals surface area (Å²) in [5, 5.41) is 10.7. The second kappa shape index (κ2) is 9.27. The molecule has 28 heavy (non-hydrogen) atoms. The molecule has 0 aliphatic carbocycles. The van der Waals surface area contributed by atoms with Crippen molar-refractivity contribution < 1.29 is 9.90 Å². The maximum Gasteiger partial charge on any atom is 0.317 e. The fourth-order valence-corrected chi connectivity index (χ4v) is 4.26. The first-order valence-electron chi connectivity index (χ1n) is 9.56. The number of aliphatic carboxylic acids is 1. The van der Waals surface area contributed by atoms with Gasteiger partial charge in [0.15, 0.2) is 0 Å². The topological polar surface area (TPSA) is 43.8 Å². The summed E-state index contributed by atoms with van der Waals surface area (Å²) in [6.07, 6.45) is 0. The molecular weight excluding hydrogens is 395 g/mol. The maximum atomic E-state index is 11.3. The number of carbonyl (C=O) groups is 1. The van der Waals surface area contributed by atoms with Crippen LogP contribution < -0.4 is 0 Å². The molecule has 1 aliphatic heterocycles. The highest BCUT2D eigenvalue weighted by Crippen LogP contribution is 2.33. The van der Waals surface area contributed by atoms with E-state index in [1.807, 2.05) is 24.3 Å². The Balaban J connectivity index is 1.92. The van der Waals surface area contributed by atoms with Gasteiger partial charge < -0.3 is 5.11 Å². The van der Waals surface area contributed by atoms with Gasteiger partial charge in [-0.15, -0.1) is 0 Å². The molecule has 0 amide bonds. The van der Waals surface area contributed by atoms with Crippen LogP contribution in [0.15, 0.2) is 48.5 Å². The summed E-state index contributed by atoms with van der Waals surface area (Å²) < 4.78 is 0. The van der Waals surface area contributed by atoms with Gasteiger partial charge in [-0.2, -0.15) is 0 Å². The number of piperazine rings is 1. The molecule has 2 aromatic rings. The summed E-state index contributed by atoms with van der Waals surface area (Å²) in [5.41, 5.74) is 2.34. The fraction of sp³-hybridized carbons (Fsp3) is 0.409. The van der Waals surface area contributed by atoms with E-state index in [0.29, 0.717) is 16.0 Å². The molecule has 3 rings (SSSR count). The van der Waals surface area contributed by atoms with Crippen LogP contribution in [0.3, 0.4) is 0 Å². The first-order chi connectivity index (χ1) is 13.3. The minimum absolute atomic E-state index is 0.0720. The minimum atomic E-state index is -0.772. The second-order valence-electron chi connectivity index (χ2n) is 7.68. The number of nitrogens with zero attached hydrogens (tertiary/aromatic N) is 2. The average molecular weight is 421 g/mol. The van der Waals surface area contributed by atoms with Gasteiger partial charge in [0.1, 0.15) is 0 Å². The predicted molar refractivity (Wildman–Crippen MR) is 114 cm³/mol. The number of hydrogen-bond acceptors (Lipinski definition) is 3. The SMILES string of the molecule is CC(C)[C@@H]1CN(C(c2ccc(Cl)cc2)c2ccc(Cl)cc2)CCN1CC(=O)O. The lowest BCUT2D eigenvalue weighted by atomic mass is 9.93. The Morgan fingerprint density at radius 1 is 1.00 bits per heavy atom. The Morgan fingerprint density at radius 2 is 1.50 bits per heavy atom.